The second-order valence-electron chi connectivity index (χ2n) is 5.92. The first kappa shape index (κ1) is 21.9. The molecule has 2 amide bonds. The molecule has 1 atom stereocenters. The molecule has 140 valence electrons. The molecule has 0 spiro atoms. The summed E-state index contributed by atoms with van der Waals surface area (Å²) in [5.74, 6) is -0.0310. The molecular formula is C17H25BrClN3O3. The van der Waals surface area contributed by atoms with Crippen molar-refractivity contribution in [1.29, 1.82) is 0 Å². The highest BCUT2D eigenvalue weighted by molar-refractivity contribution is 9.10. The lowest BCUT2D eigenvalue weighted by Gasteiger charge is -2.32. The smallest absolute Gasteiger partial charge is 0.227 e. The van der Waals surface area contributed by atoms with Crippen molar-refractivity contribution in [3.63, 3.8) is 0 Å². The largest absolute Gasteiger partial charge is 0.380 e. The van der Waals surface area contributed by atoms with E-state index in [0.29, 0.717) is 38.9 Å². The van der Waals surface area contributed by atoms with Crippen molar-refractivity contribution in [2.75, 3.05) is 32.1 Å². The molecule has 25 heavy (non-hydrogen) atoms. The summed E-state index contributed by atoms with van der Waals surface area (Å²) in [5, 5.41) is 2.95. The zero-order chi connectivity index (χ0) is 17.5. The van der Waals surface area contributed by atoms with Crippen molar-refractivity contribution < 1.29 is 14.3 Å². The summed E-state index contributed by atoms with van der Waals surface area (Å²) in [6.45, 7) is 1.51. The molecule has 0 saturated carbocycles. The van der Waals surface area contributed by atoms with E-state index in [2.05, 4.69) is 21.2 Å². The van der Waals surface area contributed by atoms with Gasteiger partial charge in [-0.1, -0.05) is 12.1 Å². The first-order valence-corrected chi connectivity index (χ1v) is 8.90. The molecule has 1 unspecified atom stereocenters. The number of halogens is 2. The number of nitrogens with two attached hydrogens (primary N) is 1. The van der Waals surface area contributed by atoms with Gasteiger partial charge >= 0.3 is 0 Å². The van der Waals surface area contributed by atoms with Crippen LogP contribution in [0.25, 0.3) is 0 Å². The van der Waals surface area contributed by atoms with Crippen LogP contribution in [0.1, 0.15) is 19.3 Å². The Labute approximate surface area is 163 Å². The molecule has 1 aromatic rings. The van der Waals surface area contributed by atoms with Gasteiger partial charge < -0.3 is 20.7 Å². The highest BCUT2D eigenvalue weighted by Crippen LogP contribution is 2.24. The van der Waals surface area contributed by atoms with Gasteiger partial charge in [0.25, 0.3) is 0 Å². The lowest BCUT2D eigenvalue weighted by atomic mass is 9.95. The van der Waals surface area contributed by atoms with Crippen LogP contribution in [0, 0.1) is 5.92 Å². The molecule has 6 nitrogen and oxygen atoms in total. The van der Waals surface area contributed by atoms with Gasteiger partial charge in [0.2, 0.25) is 11.8 Å². The number of likely N-dealkylation sites (tertiary alicyclic amines) is 1. The topological polar surface area (TPSA) is 84.7 Å². The van der Waals surface area contributed by atoms with Crippen LogP contribution in [0.5, 0.6) is 0 Å². The molecule has 1 heterocycles. The third-order valence-electron chi connectivity index (χ3n) is 4.35. The summed E-state index contributed by atoms with van der Waals surface area (Å²) >= 11 is 3.42. The van der Waals surface area contributed by atoms with E-state index in [9.17, 15) is 9.59 Å². The molecule has 2 rings (SSSR count). The number of methoxy groups -OCH3 is 1. The highest BCUT2D eigenvalue weighted by Gasteiger charge is 2.28. The fourth-order valence-corrected chi connectivity index (χ4v) is 3.16. The van der Waals surface area contributed by atoms with Gasteiger partial charge in [0.1, 0.15) is 0 Å². The molecule has 1 saturated heterocycles. The number of nitrogens with one attached hydrogen (secondary N) is 1. The molecule has 0 bridgehead atoms. The second kappa shape index (κ2) is 10.8. The Balaban J connectivity index is 0.00000312. The molecule has 0 radical (unpaired) electrons. The number of amides is 2. The van der Waals surface area contributed by atoms with Gasteiger partial charge in [-0.3, -0.25) is 9.59 Å². The van der Waals surface area contributed by atoms with Gasteiger partial charge in [0.05, 0.1) is 18.2 Å². The lowest BCUT2D eigenvalue weighted by Crippen LogP contribution is -2.43. The normalized spacial score (nSPS) is 16.0. The van der Waals surface area contributed by atoms with Crippen molar-refractivity contribution in [3.05, 3.63) is 28.7 Å². The van der Waals surface area contributed by atoms with Gasteiger partial charge in [0.15, 0.2) is 0 Å². The van der Waals surface area contributed by atoms with Gasteiger partial charge in [0, 0.05) is 37.1 Å². The van der Waals surface area contributed by atoms with Crippen LogP contribution in [0.15, 0.2) is 28.7 Å². The Kier molecular flexibility index (Phi) is 9.42. The van der Waals surface area contributed by atoms with Gasteiger partial charge in [-0.2, -0.15) is 0 Å². The predicted molar refractivity (Wildman–Crippen MR) is 104 cm³/mol. The summed E-state index contributed by atoms with van der Waals surface area (Å²) < 4.78 is 6.02. The fourth-order valence-electron chi connectivity index (χ4n) is 2.78. The number of carbonyl (C=O) groups excluding carboxylic acids is 2. The number of rotatable bonds is 6. The fraction of sp³-hybridized carbons (Fsp3) is 0.529. The van der Waals surface area contributed by atoms with Crippen molar-refractivity contribution in [2.24, 2.45) is 11.7 Å². The first-order chi connectivity index (χ1) is 11.5. The van der Waals surface area contributed by atoms with E-state index in [0.717, 1.165) is 10.2 Å². The van der Waals surface area contributed by atoms with E-state index in [-0.39, 0.29) is 36.2 Å². The van der Waals surface area contributed by atoms with Crippen LogP contribution < -0.4 is 11.1 Å². The number of hydrogen-bond acceptors (Lipinski definition) is 4. The molecular weight excluding hydrogens is 410 g/mol. The first-order valence-electron chi connectivity index (χ1n) is 8.11. The molecule has 3 N–H and O–H groups in total. The van der Waals surface area contributed by atoms with Gasteiger partial charge in [-0.25, -0.2) is 0 Å². The molecule has 1 fully saturated rings. The number of hydrogen-bond donors (Lipinski definition) is 2. The third kappa shape index (κ3) is 6.26. The number of benzene rings is 1. The quantitative estimate of drug-likeness (QED) is 0.720. The van der Waals surface area contributed by atoms with Gasteiger partial charge in [-0.15, -0.1) is 12.4 Å². The maximum atomic E-state index is 12.4. The maximum absolute atomic E-state index is 12.4. The zero-order valence-electron chi connectivity index (χ0n) is 14.2. The number of para-hydroxylation sites is 1. The Morgan fingerprint density at radius 1 is 1.36 bits per heavy atom. The highest BCUT2D eigenvalue weighted by atomic mass is 79.9. The van der Waals surface area contributed by atoms with Crippen LogP contribution >= 0.6 is 28.3 Å². The van der Waals surface area contributed by atoms with E-state index in [1.807, 2.05) is 24.3 Å². The van der Waals surface area contributed by atoms with Crippen molar-refractivity contribution in [2.45, 2.75) is 25.4 Å². The van der Waals surface area contributed by atoms with Crippen LogP contribution in [-0.2, 0) is 14.3 Å². The number of nitrogens with zero attached hydrogens (tertiary/aromatic N) is 1. The Hall–Kier alpha value is -1.15. The Bertz CT molecular complexity index is 576. The summed E-state index contributed by atoms with van der Waals surface area (Å²) in [6.07, 6.45) is 1.39. The molecule has 0 aliphatic carbocycles. The van der Waals surface area contributed by atoms with Crippen molar-refractivity contribution >= 4 is 45.8 Å². The van der Waals surface area contributed by atoms with Crippen LogP contribution in [0.3, 0.4) is 0 Å². The zero-order valence-corrected chi connectivity index (χ0v) is 16.6. The van der Waals surface area contributed by atoms with Crippen molar-refractivity contribution in [3.8, 4) is 0 Å². The second-order valence-corrected chi connectivity index (χ2v) is 6.78. The lowest BCUT2D eigenvalue weighted by molar-refractivity contribution is -0.136. The number of carbonyl (C=O) groups is 2. The van der Waals surface area contributed by atoms with E-state index in [1.165, 1.54) is 0 Å². The molecule has 0 aromatic heterocycles. The average molecular weight is 435 g/mol. The van der Waals surface area contributed by atoms with E-state index in [4.69, 9.17) is 10.5 Å². The SMILES string of the molecule is COC(CN)CC(=O)N1CCC(C(=O)Nc2ccccc2Br)CC1.Cl. The molecule has 1 aromatic carbocycles. The van der Waals surface area contributed by atoms with Crippen LogP contribution in [0.2, 0.25) is 0 Å². The standard InChI is InChI=1S/C17H24BrN3O3.ClH/c1-24-13(11-19)10-16(22)21-8-6-12(7-9-21)17(23)20-15-5-3-2-4-14(15)18;/h2-5,12-13H,6-11,19H2,1H3,(H,20,23);1H. The maximum Gasteiger partial charge on any atom is 0.227 e. The molecule has 1 aliphatic heterocycles. The van der Waals surface area contributed by atoms with Crippen LogP contribution in [-0.4, -0.2) is 49.6 Å². The minimum absolute atomic E-state index is 0. The number of piperidine rings is 1. The minimum atomic E-state index is -0.242. The number of ether oxygens (including phenoxy) is 1. The summed E-state index contributed by atoms with van der Waals surface area (Å²) in [6, 6.07) is 7.53. The monoisotopic (exact) mass is 433 g/mol. The molecule has 8 heteroatoms. The molecule has 1 aliphatic rings. The van der Waals surface area contributed by atoms with Gasteiger partial charge in [-0.05, 0) is 40.9 Å². The van der Waals surface area contributed by atoms with Crippen molar-refractivity contribution in [1.82, 2.24) is 4.90 Å². The summed E-state index contributed by atoms with van der Waals surface area (Å²) in [4.78, 5) is 26.4. The van der Waals surface area contributed by atoms with E-state index >= 15 is 0 Å². The minimum Gasteiger partial charge on any atom is -0.380 e. The third-order valence-corrected chi connectivity index (χ3v) is 5.04. The number of anilines is 1. The summed E-state index contributed by atoms with van der Waals surface area (Å²) in [5.41, 5.74) is 6.33. The Morgan fingerprint density at radius 2 is 2.00 bits per heavy atom. The Morgan fingerprint density at radius 3 is 2.56 bits per heavy atom. The summed E-state index contributed by atoms with van der Waals surface area (Å²) in [7, 11) is 1.56. The van der Waals surface area contributed by atoms with E-state index < -0.39 is 0 Å². The predicted octanol–water partition coefficient (Wildman–Crippen LogP) is 2.41. The van der Waals surface area contributed by atoms with E-state index in [1.54, 1.807) is 12.0 Å². The average Bonchev–Trinajstić information content (AvgIpc) is 2.61. The van der Waals surface area contributed by atoms with Crippen LogP contribution in [0.4, 0.5) is 5.69 Å².